The quantitative estimate of drug-likeness (QED) is 0.706. The van der Waals surface area contributed by atoms with E-state index in [1.807, 2.05) is 6.92 Å². The first-order chi connectivity index (χ1) is 13.3. The number of nitrogens with zero attached hydrogens (tertiary/aromatic N) is 2. The second-order valence-electron chi connectivity index (χ2n) is 7.75. The van der Waals surface area contributed by atoms with Gasteiger partial charge in [-0.3, -0.25) is 9.69 Å². The van der Waals surface area contributed by atoms with Crippen LogP contribution < -0.4 is 10.0 Å². The molecule has 0 spiro atoms. The van der Waals surface area contributed by atoms with E-state index in [1.54, 1.807) is 11.3 Å². The van der Waals surface area contributed by atoms with E-state index in [1.165, 1.54) is 17.6 Å². The van der Waals surface area contributed by atoms with Gasteiger partial charge in [-0.1, -0.05) is 6.42 Å². The molecule has 2 N–H and O–H groups in total. The monoisotopic (exact) mass is 424 g/mol. The molecule has 1 unspecified atom stereocenters. The molecule has 0 saturated carbocycles. The van der Waals surface area contributed by atoms with Crippen LogP contribution in [0.4, 0.5) is 5.00 Å². The predicted molar refractivity (Wildman–Crippen MR) is 111 cm³/mol. The van der Waals surface area contributed by atoms with Crippen molar-refractivity contribution in [2.75, 3.05) is 24.7 Å². The van der Waals surface area contributed by atoms with Crippen LogP contribution in [0.1, 0.15) is 55.0 Å². The summed E-state index contributed by atoms with van der Waals surface area (Å²) in [5.74, 6) is -0.109. The first kappa shape index (κ1) is 21.2. The number of piperidine rings is 1. The molecular weight excluding hydrogens is 396 g/mol. The maximum absolute atomic E-state index is 12.8. The molecule has 0 bridgehead atoms. The van der Waals surface area contributed by atoms with Crippen LogP contribution in [0.25, 0.3) is 0 Å². The summed E-state index contributed by atoms with van der Waals surface area (Å²) < 4.78 is 25.4. The summed E-state index contributed by atoms with van der Waals surface area (Å²) in [5.41, 5.74) is 1.76. The zero-order valence-electron chi connectivity index (χ0n) is 16.5. The summed E-state index contributed by atoms with van der Waals surface area (Å²) in [4.78, 5) is 16.1. The number of anilines is 1. The van der Waals surface area contributed by atoms with Gasteiger partial charge in [0.05, 0.1) is 17.9 Å². The largest absolute Gasteiger partial charge is 0.315 e. The highest BCUT2D eigenvalue weighted by Crippen LogP contribution is 2.37. The fraction of sp³-hybridized carbons (Fsp3) is 0.684. The molecule has 0 aromatic carbocycles. The van der Waals surface area contributed by atoms with Gasteiger partial charge in [0.2, 0.25) is 15.9 Å². The third kappa shape index (κ3) is 5.11. The minimum atomic E-state index is -3.21. The maximum atomic E-state index is 12.8. The Morgan fingerprint density at radius 2 is 1.93 bits per heavy atom. The van der Waals surface area contributed by atoms with Gasteiger partial charge in [0, 0.05) is 24.0 Å². The highest BCUT2D eigenvalue weighted by atomic mass is 32.2. The maximum Gasteiger partial charge on any atom is 0.242 e. The number of likely N-dealkylation sites (tertiary alicyclic amines) is 1. The molecule has 2 heterocycles. The number of carbonyl (C=O) groups is 1. The fourth-order valence-electron chi connectivity index (χ4n) is 4.04. The standard InChI is InChI=1S/C19H28N4O3S2/c1-13(23-10-8-14(9-11-23)22-28(2,25)26)18(24)21-19-16(12-20)15-6-4-3-5-7-17(15)27-19/h13-14,22H,3-11H2,1-2H3,(H,21,24). The highest BCUT2D eigenvalue weighted by Gasteiger charge is 2.29. The lowest BCUT2D eigenvalue weighted by Crippen LogP contribution is -2.50. The molecule has 1 amide bonds. The van der Waals surface area contributed by atoms with Gasteiger partial charge in [0.15, 0.2) is 0 Å². The summed E-state index contributed by atoms with van der Waals surface area (Å²) in [6, 6.07) is 1.90. The average molecular weight is 425 g/mol. The van der Waals surface area contributed by atoms with E-state index in [-0.39, 0.29) is 18.0 Å². The molecule has 2 aliphatic rings. The number of fused-ring (bicyclic) bond motifs is 1. The highest BCUT2D eigenvalue weighted by molar-refractivity contribution is 7.88. The van der Waals surface area contributed by atoms with Crippen molar-refractivity contribution < 1.29 is 13.2 Å². The van der Waals surface area contributed by atoms with Crippen LogP contribution in [0, 0.1) is 11.3 Å². The van der Waals surface area contributed by atoms with Gasteiger partial charge in [-0.05, 0) is 51.0 Å². The Balaban J connectivity index is 1.62. The Morgan fingerprint density at radius 3 is 2.57 bits per heavy atom. The summed E-state index contributed by atoms with van der Waals surface area (Å²) in [5, 5.41) is 13.3. The van der Waals surface area contributed by atoms with E-state index in [0.29, 0.717) is 36.5 Å². The Bertz CT molecular complexity index is 864. The normalized spacial score (nSPS) is 20.0. The van der Waals surface area contributed by atoms with Crippen molar-refractivity contribution in [2.45, 2.75) is 64.0 Å². The molecule has 1 fully saturated rings. The lowest BCUT2D eigenvalue weighted by Gasteiger charge is -2.35. The molecule has 154 valence electrons. The fourth-order valence-corrected chi connectivity index (χ4v) is 6.12. The van der Waals surface area contributed by atoms with Crippen molar-refractivity contribution in [3.8, 4) is 6.07 Å². The summed E-state index contributed by atoms with van der Waals surface area (Å²) >= 11 is 1.55. The number of thiophene rings is 1. The first-order valence-electron chi connectivity index (χ1n) is 9.85. The molecule has 9 heteroatoms. The predicted octanol–water partition coefficient (Wildman–Crippen LogP) is 2.23. The van der Waals surface area contributed by atoms with Gasteiger partial charge in [0.1, 0.15) is 11.1 Å². The van der Waals surface area contributed by atoms with Crippen LogP contribution in [0.2, 0.25) is 0 Å². The Kier molecular flexibility index (Phi) is 6.76. The number of aryl methyl sites for hydroxylation is 1. The number of hydrogen-bond donors (Lipinski definition) is 2. The van der Waals surface area contributed by atoms with Gasteiger partial charge in [0.25, 0.3) is 0 Å². The number of carbonyl (C=O) groups excluding carboxylic acids is 1. The van der Waals surface area contributed by atoms with Crippen molar-refractivity contribution in [2.24, 2.45) is 0 Å². The van der Waals surface area contributed by atoms with Gasteiger partial charge in [-0.15, -0.1) is 11.3 Å². The summed E-state index contributed by atoms with van der Waals surface area (Å²) in [6.45, 7) is 3.19. The number of rotatable bonds is 5. The van der Waals surface area contributed by atoms with Gasteiger partial charge < -0.3 is 5.32 Å². The van der Waals surface area contributed by atoms with Crippen LogP contribution in [-0.4, -0.2) is 50.7 Å². The van der Waals surface area contributed by atoms with E-state index in [2.05, 4.69) is 21.0 Å². The molecule has 1 atom stereocenters. The van der Waals surface area contributed by atoms with Gasteiger partial charge in [-0.2, -0.15) is 5.26 Å². The number of amides is 1. The van der Waals surface area contributed by atoms with Crippen molar-refractivity contribution in [1.29, 1.82) is 5.26 Å². The van der Waals surface area contributed by atoms with Crippen molar-refractivity contribution >= 4 is 32.3 Å². The van der Waals surface area contributed by atoms with Crippen LogP contribution in [-0.2, 0) is 27.7 Å². The minimum absolute atomic E-state index is 0.0698. The molecule has 1 aromatic rings. The summed E-state index contributed by atoms with van der Waals surface area (Å²) in [7, 11) is -3.21. The van der Waals surface area contributed by atoms with Crippen LogP contribution >= 0.6 is 11.3 Å². The number of sulfonamides is 1. The lowest BCUT2D eigenvalue weighted by molar-refractivity contribution is -0.121. The van der Waals surface area contributed by atoms with Crippen molar-refractivity contribution in [1.82, 2.24) is 9.62 Å². The van der Waals surface area contributed by atoms with Crippen LogP contribution in [0.5, 0.6) is 0 Å². The zero-order valence-corrected chi connectivity index (χ0v) is 18.1. The van der Waals surface area contributed by atoms with E-state index >= 15 is 0 Å². The number of nitrogens with one attached hydrogen (secondary N) is 2. The van der Waals surface area contributed by atoms with E-state index in [9.17, 15) is 18.5 Å². The minimum Gasteiger partial charge on any atom is -0.315 e. The second kappa shape index (κ2) is 8.91. The Hall–Kier alpha value is -1.47. The third-order valence-corrected chi connectivity index (χ3v) is 7.58. The molecule has 0 radical (unpaired) electrons. The van der Waals surface area contributed by atoms with E-state index < -0.39 is 10.0 Å². The van der Waals surface area contributed by atoms with Crippen LogP contribution in [0.3, 0.4) is 0 Å². The molecule has 28 heavy (non-hydrogen) atoms. The lowest BCUT2D eigenvalue weighted by atomic mass is 10.0. The Morgan fingerprint density at radius 1 is 1.25 bits per heavy atom. The van der Waals surface area contributed by atoms with Gasteiger partial charge >= 0.3 is 0 Å². The SMILES string of the molecule is CC(C(=O)Nc1sc2c(c1C#N)CCCCC2)N1CCC(NS(C)(=O)=O)CC1. The second-order valence-corrected chi connectivity index (χ2v) is 10.6. The Labute approximate surface area is 171 Å². The van der Waals surface area contributed by atoms with Crippen molar-refractivity contribution in [3.05, 3.63) is 16.0 Å². The topological polar surface area (TPSA) is 102 Å². The third-order valence-electron chi connectivity index (χ3n) is 5.61. The molecule has 1 aliphatic carbocycles. The van der Waals surface area contributed by atoms with E-state index in [0.717, 1.165) is 31.2 Å². The van der Waals surface area contributed by atoms with Crippen LogP contribution in [0.15, 0.2) is 0 Å². The number of nitriles is 1. The van der Waals surface area contributed by atoms with E-state index in [4.69, 9.17) is 0 Å². The molecule has 1 aromatic heterocycles. The number of hydrogen-bond acceptors (Lipinski definition) is 6. The summed E-state index contributed by atoms with van der Waals surface area (Å²) in [6.07, 6.45) is 7.86. The molecule has 1 aliphatic heterocycles. The van der Waals surface area contributed by atoms with Crippen molar-refractivity contribution in [3.63, 3.8) is 0 Å². The zero-order chi connectivity index (χ0) is 20.3. The van der Waals surface area contributed by atoms with Gasteiger partial charge in [-0.25, -0.2) is 13.1 Å². The first-order valence-corrected chi connectivity index (χ1v) is 12.6. The molecule has 1 saturated heterocycles. The molecule has 7 nitrogen and oxygen atoms in total. The molecular formula is C19H28N4O3S2. The average Bonchev–Trinajstić information content (AvgIpc) is 2.80. The smallest absolute Gasteiger partial charge is 0.242 e. The molecule has 3 rings (SSSR count).